The minimum Gasteiger partial charge on any atom is -0.297 e. The highest BCUT2D eigenvalue weighted by Gasteiger charge is 2.19. The van der Waals surface area contributed by atoms with Crippen molar-refractivity contribution in [3.05, 3.63) is 42.2 Å². The number of hydrogen-bond donors (Lipinski definition) is 1. The minimum absolute atomic E-state index is 0.440. The Hall–Kier alpha value is -2.54. The van der Waals surface area contributed by atoms with Gasteiger partial charge in [-0.1, -0.05) is 29.4 Å². The van der Waals surface area contributed by atoms with Gasteiger partial charge in [-0.05, 0) is 49.2 Å². The van der Waals surface area contributed by atoms with Gasteiger partial charge in [0.25, 0.3) is 5.95 Å². The van der Waals surface area contributed by atoms with E-state index in [2.05, 4.69) is 61.8 Å². The van der Waals surface area contributed by atoms with E-state index in [1.54, 1.807) is 4.68 Å². The van der Waals surface area contributed by atoms with Crippen molar-refractivity contribution in [2.45, 2.75) is 25.8 Å². The van der Waals surface area contributed by atoms with E-state index < -0.39 is 0 Å². The molecule has 23 heavy (non-hydrogen) atoms. The molecule has 7 heteroatoms. The minimum atomic E-state index is 0.440. The third-order valence-corrected chi connectivity index (χ3v) is 4.54. The first-order valence-electron chi connectivity index (χ1n) is 7.94. The summed E-state index contributed by atoms with van der Waals surface area (Å²) in [5.41, 5.74) is 3.54. The maximum absolute atomic E-state index is 4.28. The van der Waals surface area contributed by atoms with Crippen molar-refractivity contribution < 1.29 is 0 Å². The molecule has 0 unspecified atom stereocenters. The maximum atomic E-state index is 4.28. The number of aromatic nitrogens is 6. The molecule has 0 saturated carbocycles. The van der Waals surface area contributed by atoms with Crippen LogP contribution in [0.25, 0.3) is 17.1 Å². The molecule has 0 radical (unpaired) electrons. The van der Waals surface area contributed by atoms with Crippen molar-refractivity contribution in [1.29, 1.82) is 0 Å². The summed E-state index contributed by atoms with van der Waals surface area (Å²) in [6, 6.07) is 9.21. The van der Waals surface area contributed by atoms with E-state index >= 15 is 0 Å². The normalized spacial score (nSPS) is 16.7. The molecule has 1 saturated heterocycles. The Morgan fingerprint density at radius 2 is 1.87 bits per heavy atom. The molecule has 118 valence electrons. The van der Waals surface area contributed by atoms with Gasteiger partial charge in [0.05, 0.1) is 6.20 Å². The highest BCUT2D eigenvalue weighted by atomic mass is 15.5. The third kappa shape index (κ3) is 2.75. The second-order valence-electron chi connectivity index (χ2n) is 5.93. The highest BCUT2D eigenvalue weighted by Crippen LogP contribution is 2.27. The van der Waals surface area contributed by atoms with Crippen molar-refractivity contribution in [2.75, 3.05) is 13.1 Å². The molecule has 1 atom stereocenters. The molecule has 0 bridgehead atoms. The summed E-state index contributed by atoms with van der Waals surface area (Å²) in [6.45, 7) is 4.70. The Morgan fingerprint density at radius 1 is 1.09 bits per heavy atom. The molecule has 1 aliphatic rings. The number of tetrazole rings is 1. The first-order valence-corrected chi connectivity index (χ1v) is 7.94. The van der Waals surface area contributed by atoms with Crippen LogP contribution >= 0.6 is 0 Å². The van der Waals surface area contributed by atoms with E-state index in [0.29, 0.717) is 12.0 Å². The number of benzene rings is 1. The number of hydrogen-bond acceptors (Lipinski definition) is 5. The Morgan fingerprint density at radius 3 is 2.57 bits per heavy atom. The van der Waals surface area contributed by atoms with Gasteiger partial charge in [-0.3, -0.25) is 4.90 Å². The fourth-order valence-electron chi connectivity index (χ4n) is 3.13. The van der Waals surface area contributed by atoms with Gasteiger partial charge in [0.1, 0.15) is 0 Å². The fourth-order valence-corrected chi connectivity index (χ4v) is 3.13. The molecular formula is C16H19N7. The van der Waals surface area contributed by atoms with Crippen molar-refractivity contribution in [3.63, 3.8) is 0 Å². The van der Waals surface area contributed by atoms with Crippen LogP contribution in [0.4, 0.5) is 0 Å². The van der Waals surface area contributed by atoms with Gasteiger partial charge in [-0.25, -0.2) is 4.68 Å². The van der Waals surface area contributed by atoms with Crippen LogP contribution < -0.4 is 0 Å². The SMILES string of the molecule is C[C@H](c1ccc(-c2cnn(-c3nn[nH]n3)c2)cc1)N1CCCC1. The predicted molar refractivity (Wildman–Crippen MR) is 86.0 cm³/mol. The molecule has 0 amide bonds. The monoisotopic (exact) mass is 309 g/mol. The fraction of sp³-hybridized carbons (Fsp3) is 0.375. The van der Waals surface area contributed by atoms with E-state index in [-0.39, 0.29) is 0 Å². The van der Waals surface area contributed by atoms with Crippen molar-refractivity contribution in [1.82, 2.24) is 35.3 Å². The van der Waals surface area contributed by atoms with Crippen molar-refractivity contribution >= 4 is 0 Å². The number of likely N-dealkylation sites (tertiary alicyclic amines) is 1. The molecule has 3 heterocycles. The summed E-state index contributed by atoms with van der Waals surface area (Å²) in [5.74, 6) is 0.440. The van der Waals surface area contributed by atoms with Gasteiger partial charge in [0.15, 0.2) is 0 Å². The molecule has 0 spiro atoms. The first-order chi connectivity index (χ1) is 11.3. The van der Waals surface area contributed by atoms with E-state index in [1.807, 2.05) is 12.4 Å². The first kappa shape index (κ1) is 14.1. The summed E-state index contributed by atoms with van der Waals surface area (Å²) >= 11 is 0. The van der Waals surface area contributed by atoms with Crippen LogP contribution in [-0.4, -0.2) is 48.4 Å². The van der Waals surface area contributed by atoms with Gasteiger partial charge in [-0.15, -0.1) is 5.10 Å². The van der Waals surface area contributed by atoms with E-state index in [4.69, 9.17) is 0 Å². The average molecular weight is 309 g/mol. The molecule has 1 aliphatic heterocycles. The van der Waals surface area contributed by atoms with Gasteiger partial charge in [-0.2, -0.15) is 10.3 Å². The van der Waals surface area contributed by atoms with Crippen LogP contribution in [0, 0.1) is 0 Å². The number of H-pyrrole nitrogens is 1. The van der Waals surface area contributed by atoms with Gasteiger partial charge in [0, 0.05) is 17.8 Å². The zero-order chi connectivity index (χ0) is 15.6. The van der Waals surface area contributed by atoms with Crippen molar-refractivity contribution in [2.24, 2.45) is 0 Å². The Labute approximate surface area is 134 Å². The Bertz CT molecular complexity index is 754. The van der Waals surface area contributed by atoms with Crippen LogP contribution in [-0.2, 0) is 0 Å². The second kappa shape index (κ2) is 5.92. The lowest BCUT2D eigenvalue weighted by Gasteiger charge is -2.24. The summed E-state index contributed by atoms with van der Waals surface area (Å²) < 4.78 is 1.61. The maximum Gasteiger partial charge on any atom is 0.290 e. The standard InChI is InChI=1S/C16H19N7/c1-12(22-8-2-3-9-22)13-4-6-14(7-5-13)15-10-17-23(11-15)16-18-20-21-19-16/h4-7,10-12H,2-3,8-9H2,1H3,(H,18,19,20,21)/t12-/m1/s1. The zero-order valence-corrected chi connectivity index (χ0v) is 13.1. The molecule has 3 aromatic rings. The zero-order valence-electron chi connectivity index (χ0n) is 13.1. The number of rotatable bonds is 4. The third-order valence-electron chi connectivity index (χ3n) is 4.54. The van der Waals surface area contributed by atoms with Crippen LogP contribution in [0.15, 0.2) is 36.7 Å². The number of nitrogens with one attached hydrogen (secondary N) is 1. The molecule has 1 N–H and O–H groups in total. The van der Waals surface area contributed by atoms with Crippen LogP contribution in [0.1, 0.15) is 31.4 Å². The molecule has 2 aromatic heterocycles. The highest BCUT2D eigenvalue weighted by molar-refractivity contribution is 5.62. The average Bonchev–Trinajstić information content (AvgIpc) is 3.36. The second-order valence-corrected chi connectivity index (χ2v) is 5.93. The largest absolute Gasteiger partial charge is 0.297 e. The summed E-state index contributed by atoms with van der Waals surface area (Å²) in [7, 11) is 0. The lowest BCUT2D eigenvalue weighted by Crippen LogP contribution is -2.23. The van der Waals surface area contributed by atoms with E-state index in [0.717, 1.165) is 11.1 Å². The van der Waals surface area contributed by atoms with Crippen LogP contribution in [0.3, 0.4) is 0 Å². The molecule has 1 aromatic carbocycles. The molecule has 4 rings (SSSR count). The van der Waals surface area contributed by atoms with Gasteiger partial charge >= 0.3 is 0 Å². The van der Waals surface area contributed by atoms with Gasteiger partial charge < -0.3 is 0 Å². The summed E-state index contributed by atoms with van der Waals surface area (Å²) in [6.07, 6.45) is 6.36. The summed E-state index contributed by atoms with van der Waals surface area (Å²) in [5, 5.41) is 18.1. The lowest BCUT2D eigenvalue weighted by molar-refractivity contribution is 0.263. The van der Waals surface area contributed by atoms with Crippen LogP contribution in [0.5, 0.6) is 0 Å². The Kier molecular flexibility index (Phi) is 3.63. The topological polar surface area (TPSA) is 75.5 Å². The van der Waals surface area contributed by atoms with Crippen LogP contribution in [0.2, 0.25) is 0 Å². The molecule has 1 fully saturated rings. The van der Waals surface area contributed by atoms with E-state index in [1.165, 1.54) is 31.5 Å². The van der Waals surface area contributed by atoms with Gasteiger partial charge in [0.2, 0.25) is 0 Å². The summed E-state index contributed by atoms with van der Waals surface area (Å²) in [4.78, 5) is 2.54. The number of aromatic amines is 1. The predicted octanol–water partition coefficient (Wildman–Crippen LogP) is 2.21. The van der Waals surface area contributed by atoms with E-state index in [9.17, 15) is 0 Å². The number of nitrogens with zero attached hydrogens (tertiary/aromatic N) is 6. The molecule has 0 aliphatic carbocycles. The van der Waals surface area contributed by atoms with Crippen molar-refractivity contribution in [3.8, 4) is 17.1 Å². The molecular weight excluding hydrogens is 290 g/mol. The Balaban J connectivity index is 1.54. The smallest absolute Gasteiger partial charge is 0.290 e. The quantitative estimate of drug-likeness (QED) is 0.799. The lowest BCUT2D eigenvalue weighted by atomic mass is 10.0. The molecule has 7 nitrogen and oxygen atoms in total.